The minimum absolute atomic E-state index is 0.0349. The summed E-state index contributed by atoms with van der Waals surface area (Å²) in [5.74, 6) is 0.615. The van der Waals surface area contributed by atoms with E-state index in [2.05, 4.69) is 32.1 Å². The molecule has 0 aliphatic heterocycles. The lowest BCUT2D eigenvalue weighted by Crippen LogP contribution is -2.49. The summed E-state index contributed by atoms with van der Waals surface area (Å²) in [7, 11) is 0. The van der Waals surface area contributed by atoms with Gasteiger partial charge in [0.2, 0.25) is 0 Å². The summed E-state index contributed by atoms with van der Waals surface area (Å²) < 4.78 is 0. The lowest BCUT2D eigenvalue weighted by Gasteiger charge is -2.53. The van der Waals surface area contributed by atoms with Crippen molar-refractivity contribution in [1.82, 2.24) is 0 Å². The minimum atomic E-state index is -0.389. The molecule has 3 nitrogen and oxygen atoms in total. The number of allylic oxidation sites excluding steroid dienone is 3. The van der Waals surface area contributed by atoms with Crippen LogP contribution < -0.4 is 5.73 Å². The van der Waals surface area contributed by atoms with Gasteiger partial charge in [-0.1, -0.05) is 43.7 Å². The number of aliphatic hydroxyl groups excluding tert-OH is 2. The van der Waals surface area contributed by atoms with Crippen LogP contribution in [0.25, 0.3) is 0 Å². The van der Waals surface area contributed by atoms with Crippen LogP contribution in [0.3, 0.4) is 0 Å². The van der Waals surface area contributed by atoms with Crippen molar-refractivity contribution in [2.75, 3.05) is 0 Å². The van der Waals surface area contributed by atoms with Crippen LogP contribution in [0, 0.1) is 22.7 Å². The van der Waals surface area contributed by atoms with Crippen LogP contribution in [0.4, 0.5) is 0 Å². The summed E-state index contributed by atoms with van der Waals surface area (Å²) in [5.41, 5.74) is 8.62. The Morgan fingerprint density at radius 2 is 1.91 bits per heavy atom. The van der Waals surface area contributed by atoms with Crippen molar-refractivity contribution >= 4 is 0 Å². The maximum atomic E-state index is 10.9. The Labute approximate surface area is 132 Å². The molecule has 4 unspecified atom stereocenters. The molecule has 0 radical (unpaired) electrons. The van der Waals surface area contributed by atoms with Crippen LogP contribution in [-0.2, 0) is 0 Å². The zero-order valence-electron chi connectivity index (χ0n) is 13.5. The summed E-state index contributed by atoms with van der Waals surface area (Å²) in [6, 6.07) is 0.120. The molecule has 4 N–H and O–H groups in total. The molecule has 4 aliphatic carbocycles. The molecule has 0 spiro atoms. The molecule has 22 heavy (non-hydrogen) atoms. The highest BCUT2D eigenvalue weighted by atomic mass is 16.3. The Kier molecular flexibility index (Phi) is 3.04. The number of hydrogen-bond acceptors (Lipinski definition) is 3. The second kappa shape index (κ2) is 4.56. The van der Waals surface area contributed by atoms with Crippen LogP contribution in [0.5, 0.6) is 0 Å². The fraction of sp³-hybridized carbons (Fsp3) is 0.684. The van der Waals surface area contributed by atoms with E-state index in [9.17, 15) is 10.2 Å². The van der Waals surface area contributed by atoms with Gasteiger partial charge in [0.25, 0.3) is 0 Å². The summed E-state index contributed by atoms with van der Waals surface area (Å²) >= 11 is 0. The highest BCUT2D eigenvalue weighted by Gasteiger charge is 2.54. The van der Waals surface area contributed by atoms with Gasteiger partial charge in [0.15, 0.2) is 0 Å². The first-order valence-corrected chi connectivity index (χ1v) is 8.59. The molecule has 0 heterocycles. The number of hydrogen-bond donors (Lipinski definition) is 3. The van der Waals surface area contributed by atoms with Crippen LogP contribution >= 0.6 is 0 Å². The van der Waals surface area contributed by atoms with Gasteiger partial charge in [-0.3, -0.25) is 0 Å². The largest absolute Gasteiger partial charge is 0.389 e. The van der Waals surface area contributed by atoms with Gasteiger partial charge in [0.1, 0.15) is 0 Å². The van der Waals surface area contributed by atoms with E-state index >= 15 is 0 Å². The zero-order valence-corrected chi connectivity index (χ0v) is 13.5. The first-order valence-electron chi connectivity index (χ1n) is 8.59. The van der Waals surface area contributed by atoms with Crippen molar-refractivity contribution in [1.29, 1.82) is 0 Å². The second-order valence-corrected chi connectivity index (χ2v) is 8.24. The smallest absolute Gasteiger partial charge is 0.0783 e. The average molecular weight is 301 g/mol. The molecule has 0 aromatic carbocycles. The molecule has 0 amide bonds. The van der Waals surface area contributed by atoms with Gasteiger partial charge in [-0.05, 0) is 37.2 Å². The zero-order chi connectivity index (χ0) is 15.7. The summed E-state index contributed by atoms with van der Waals surface area (Å²) in [5, 5.41) is 21.2. The third-order valence-corrected chi connectivity index (χ3v) is 7.08. The predicted molar refractivity (Wildman–Crippen MR) is 87.0 cm³/mol. The van der Waals surface area contributed by atoms with E-state index < -0.39 is 0 Å². The van der Waals surface area contributed by atoms with Crippen LogP contribution in [-0.4, -0.2) is 28.5 Å². The number of aliphatic hydroxyl groups is 2. The highest BCUT2D eigenvalue weighted by molar-refractivity contribution is 5.43. The molecule has 0 aromatic rings. The molecular formula is C19H27NO2. The van der Waals surface area contributed by atoms with Gasteiger partial charge >= 0.3 is 0 Å². The number of nitrogens with two attached hydrogens (primary N) is 1. The molecule has 0 saturated carbocycles. The SMILES string of the molecule is C[C@]12C=CC(N)CC1CC(O)C1=C2CC[C@]2(C)C(O)C=C[C@@H]12. The van der Waals surface area contributed by atoms with E-state index in [-0.39, 0.29) is 35.0 Å². The van der Waals surface area contributed by atoms with Crippen molar-refractivity contribution in [2.24, 2.45) is 28.4 Å². The van der Waals surface area contributed by atoms with Gasteiger partial charge in [0, 0.05) is 22.8 Å². The summed E-state index contributed by atoms with van der Waals surface area (Å²) in [6.07, 6.45) is 11.4. The van der Waals surface area contributed by atoms with E-state index in [1.54, 1.807) is 0 Å². The topological polar surface area (TPSA) is 66.5 Å². The lowest BCUT2D eigenvalue weighted by atomic mass is 9.52. The predicted octanol–water partition coefficient (Wildman–Crippen LogP) is 2.30. The van der Waals surface area contributed by atoms with Crippen molar-refractivity contribution in [3.8, 4) is 0 Å². The molecule has 7 atom stereocenters. The van der Waals surface area contributed by atoms with Gasteiger partial charge < -0.3 is 15.9 Å². The normalized spacial score (nSPS) is 53.2. The van der Waals surface area contributed by atoms with Crippen molar-refractivity contribution in [3.63, 3.8) is 0 Å². The van der Waals surface area contributed by atoms with E-state index in [1.165, 1.54) is 11.1 Å². The van der Waals surface area contributed by atoms with Gasteiger partial charge in [-0.2, -0.15) is 0 Å². The van der Waals surface area contributed by atoms with Crippen molar-refractivity contribution in [3.05, 3.63) is 35.5 Å². The maximum Gasteiger partial charge on any atom is 0.0783 e. The van der Waals surface area contributed by atoms with Gasteiger partial charge in [-0.15, -0.1) is 0 Å². The standard InChI is InChI=1S/C19H27NO2/c1-18-7-5-12(20)9-11(18)10-15(21)17-13-3-4-16(22)19(13,2)8-6-14(17)18/h3-5,7,11-13,15-16,21-22H,6,8-10,20H2,1-2H3/t11?,12?,13-,15?,16?,18-,19-/m0/s1. The number of fused-ring (bicyclic) bond motifs is 4. The molecule has 0 bridgehead atoms. The Balaban J connectivity index is 1.84. The van der Waals surface area contributed by atoms with Crippen molar-refractivity contribution < 1.29 is 10.2 Å². The van der Waals surface area contributed by atoms with Gasteiger partial charge in [-0.25, -0.2) is 0 Å². The fourth-order valence-electron chi connectivity index (χ4n) is 5.51. The summed E-state index contributed by atoms with van der Waals surface area (Å²) in [6.45, 7) is 4.49. The molecule has 120 valence electrons. The summed E-state index contributed by atoms with van der Waals surface area (Å²) in [4.78, 5) is 0. The maximum absolute atomic E-state index is 10.9. The third kappa shape index (κ3) is 1.73. The van der Waals surface area contributed by atoms with Gasteiger partial charge in [0.05, 0.1) is 12.2 Å². The van der Waals surface area contributed by atoms with Crippen LogP contribution in [0.2, 0.25) is 0 Å². The lowest BCUT2D eigenvalue weighted by molar-refractivity contribution is 0.0228. The Hall–Kier alpha value is -0.900. The molecule has 0 fully saturated rings. The van der Waals surface area contributed by atoms with E-state index in [1.807, 2.05) is 6.08 Å². The van der Waals surface area contributed by atoms with Crippen LogP contribution in [0.15, 0.2) is 35.5 Å². The van der Waals surface area contributed by atoms with Crippen molar-refractivity contribution in [2.45, 2.75) is 57.8 Å². The molecule has 4 rings (SSSR count). The monoisotopic (exact) mass is 301 g/mol. The minimum Gasteiger partial charge on any atom is -0.389 e. The Bertz CT molecular complexity index is 592. The quantitative estimate of drug-likeness (QED) is 0.602. The fourth-order valence-corrected chi connectivity index (χ4v) is 5.51. The Morgan fingerprint density at radius 1 is 1.14 bits per heavy atom. The first-order chi connectivity index (χ1) is 10.4. The average Bonchev–Trinajstić information content (AvgIpc) is 2.77. The molecule has 0 saturated heterocycles. The highest BCUT2D eigenvalue weighted by Crippen LogP contribution is 2.60. The Morgan fingerprint density at radius 3 is 2.68 bits per heavy atom. The molecule has 0 aromatic heterocycles. The van der Waals surface area contributed by atoms with E-state index in [0.29, 0.717) is 5.92 Å². The van der Waals surface area contributed by atoms with E-state index in [4.69, 9.17) is 5.73 Å². The molecule has 3 heteroatoms. The second-order valence-electron chi connectivity index (χ2n) is 8.24. The third-order valence-electron chi connectivity index (χ3n) is 7.08. The van der Waals surface area contributed by atoms with Crippen LogP contribution in [0.1, 0.15) is 39.5 Å². The first kappa shape index (κ1) is 14.7. The molecular weight excluding hydrogens is 274 g/mol. The number of rotatable bonds is 0. The van der Waals surface area contributed by atoms with E-state index in [0.717, 1.165) is 25.7 Å². The molecule has 4 aliphatic rings.